The number of benzene rings is 1. The van der Waals surface area contributed by atoms with E-state index >= 15 is 0 Å². The first-order valence-electron chi connectivity index (χ1n) is 12.2. The molecular formula is C25H37N3O4. The Balaban J connectivity index is 1.49. The lowest BCUT2D eigenvalue weighted by molar-refractivity contribution is -0.139. The van der Waals surface area contributed by atoms with Gasteiger partial charge >= 0.3 is 6.09 Å². The summed E-state index contributed by atoms with van der Waals surface area (Å²) >= 11 is 0. The van der Waals surface area contributed by atoms with Crippen LogP contribution < -0.4 is 9.80 Å². The summed E-state index contributed by atoms with van der Waals surface area (Å²) in [7, 11) is 0. The smallest absolute Gasteiger partial charge is 0.411 e. The fraction of sp³-hybridized carbons (Fsp3) is 0.680. The average Bonchev–Trinajstić information content (AvgIpc) is 3.07. The monoisotopic (exact) mass is 443 g/mol. The van der Waals surface area contributed by atoms with E-state index in [0.717, 1.165) is 82.3 Å². The number of anilines is 2. The molecule has 7 heteroatoms. The maximum atomic E-state index is 13.6. The molecule has 2 saturated heterocycles. The van der Waals surface area contributed by atoms with Crippen molar-refractivity contribution >= 4 is 23.4 Å². The number of rotatable bonds is 5. The quantitative estimate of drug-likeness (QED) is 0.718. The molecule has 0 bridgehead atoms. The number of carbonyl (C=O) groups excluding carboxylic acids is 1. The van der Waals surface area contributed by atoms with Gasteiger partial charge in [0, 0.05) is 43.6 Å². The Kier molecular flexibility index (Phi) is 6.65. The lowest BCUT2D eigenvalue weighted by Crippen LogP contribution is -2.50. The van der Waals surface area contributed by atoms with Gasteiger partial charge in [0.15, 0.2) is 0 Å². The molecule has 7 nitrogen and oxygen atoms in total. The highest BCUT2D eigenvalue weighted by molar-refractivity contribution is 5.87. The Morgan fingerprint density at radius 1 is 1.19 bits per heavy atom. The molecule has 1 aromatic rings. The van der Waals surface area contributed by atoms with Gasteiger partial charge in [0.05, 0.1) is 11.5 Å². The Morgan fingerprint density at radius 3 is 2.59 bits per heavy atom. The van der Waals surface area contributed by atoms with E-state index < -0.39 is 6.09 Å². The number of piperidine rings is 1. The highest BCUT2D eigenvalue weighted by atomic mass is 16.4. The maximum absolute atomic E-state index is 13.6. The zero-order valence-corrected chi connectivity index (χ0v) is 19.4. The van der Waals surface area contributed by atoms with Crippen LogP contribution in [0.15, 0.2) is 18.2 Å². The summed E-state index contributed by atoms with van der Waals surface area (Å²) in [6.07, 6.45) is 5.87. The van der Waals surface area contributed by atoms with Crippen molar-refractivity contribution in [3.8, 4) is 0 Å². The Bertz CT molecular complexity index is 852. The van der Waals surface area contributed by atoms with Crippen LogP contribution in [0.1, 0.15) is 63.9 Å². The van der Waals surface area contributed by atoms with Gasteiger partial charge in [-0.15, -0.1) is 0 Å². The molecule has 1 saturated carbocycles. The maximum Gasteiger partial charge on any atom is 0.411 e. The number of hydrogen-bond donors (Lipinski definition) is 2. The largest absolute Gasteiger partial charge is 0.465 e. The van der Waals surface area contributed by atoms with Gasteiger partial charge in [-0.3, -0.25) is 9.69 Å². The fourth-order valence-corrected chi connectivity index (χ4v) is 6.00. The van der Waals surface area contributed by atoms with Crippen molar-refractivity contribution in [1.29, 1.82) is 0 Å². The van der Waals surface area contributed by atoms with Gasteiger partial charge < -0.3 is 20.0 Å². The normalized spacial score (nSPS) is 28.4. The van der Waals surface area contributed by atoms with Crippen LogP contribution >= 0.6 is 0 Å². The van der Waals surface area contributed by atoms with E-state index in [1.165, 1.54) is 4.90 Å². The highest BCUT2D eigenvalue weighted by Gasteiger charge is 2.50. The first kappa shape index (κ1) is 22.9. The molecule has 0 aromatic heterocycles. The van der Waals surface area contributed by atoms with E-state index in [4.69, 9.17) is 0 Å². The summed E-state index contributed by atoms with van der Waals surface area (Å²) in [6, 6.07) is 6.15. The SMILES string of the molecule is CCCN(C(=O)O)c1ccc(N2CCC[C@]3(CCN(C4CCC(O)CC4)C3=O)C2)c(C)c1. The Hall–Kier alpha value is -2.28. The van der Waals surface area contributed by atoms with E-state index in [1.54, 1.807) is 0 Å². The summed E-state index contributed by atoms with van der Waals surface area (Å²) < 4.78 is 0. The van der Waals surface area contributed by atoms with Gasteiger partial charge in [-0.2, -0.15) is 0 Å². The minimum absolute atomic E-state index is 0.205. The summed E-state index contributed by atoms with van der Waals surface area (Å²) in [5, 5.41) is 19.4. The van der Waals surface area contributed by atoms with E-state index in [2.05, 4.69) is 9.80 Å². The van der Waals surface area contributed by atoms with Crippen LogP contribution in [0.25, 0.3) is 0 Å². The van der Waals surface area contributed by atoms with Crippen molar-refractivity contribution in [3.63, 3.8) is 0 Å². The van der Waals surface area contributed by atoms with E-state index in [1.807, 2.05) is 32.0 Å². The third-order valence-corrected chi connectivity index (χ3v) is 7.74. The van der Waals surface area contributed by atoms with E-state index in [-0.39, 0.29) is 17.6 Å². The van der Waals surface area contributed by atoms with Crippen LogP contribution in [0.5, 0.6) is 0 Å². The van der Waals surface area contributed by atoms with Crippen LogP contribution in [0, 0.1) is 12.3 Å². The van der Waals surface area contributed by atoms with Crippen LogP contribution in [0.2, 0.25) is 0 Å². The highest BCUT2D eigenvalue weighted by Crippen LogP contribution is 2.44. The van der Waals surface area contributed by atoms with Gasteiger partial charge in [-0.1, -0.05) is 6.92 Å². The molecule has 0 unspecified atom stereocenters. The Morgan fingerprint density at radius 2 is 1.94 bits per heavy atom. The Labute approximate surface area is 191 Å². The lowest BCUT2D eigenvalue weighted by atomic mass is 9.78. The van der Waals surface area contributed by atoms with Crippen molar-refractivity contribution in [2.45, 2.75) is 77.4 Å². The predicted molar refractivity (Wildman–Crippen MR) is 125 cm³/mol. The van der Waals surface area contributed by atoms with Gasteiger partial charge in [0.1, 0.15) is 0 Å². The number of aliphatic hydroxyl groups is 1. The number of likely N-dealkylation sites (tertiary alicyclic amines) is 1. The summed E-state index contributed by atoms with van der Waals surface area (Å²) in [5.74, 6) is 0.304. The van der Waals surface area contributed by atoms with E-state index in [9.17, 15) is 19.8 Å². The molecule has 2 amide bonds. The molecule has 2 aliphatic heterocycles. The topological polar surface area (TPSA) is 84.3 Å². The fourth-order valence-electron chi connectivity index (χ4n) is 6.00. The molecule has 0 radical (unpaired) electrons. The van der Waals surface area contributed by atoms with Gasteiger partial charge in [-0.25, -0.2) is 4.79 Å². The van der Waals surface area contributed by atoms with Gasteiger partial charge in [0.25, 0.3) is 0 Å². The standard InChI is InChI=1S/C25H37N3O4/c1-3-13-28(24(31)32)20-7-10-22(18(2)16-20)26-14-4-11-25(17-26)12-15-27(23(25)30)19-5-8-21(29)9-6-19/h7,10,16,19,21,29H,3-6,8-9,11-15,17H2,1-2H3,(H,31,32)/t19?,21?,25-/m0/s1. The molecule has 3 aliphatic rings. The third kappa shape index (κ3) is 4.32. The zero-order chi connectivity index (χ0) is 22.9. The number of carboxylic acid groups (broad SMARTS) is 1. The first-order chi connectivity index (χ1) is 15.3. The van der Waals surface area contributed by atoms with Gasteiger partial charge in [-0.05, 0) is 82.1 Å². The molecule has 1 spiro atoms. The molecule has 3 fully saturated rings. The summed E-state index contributed by atoms with van der Waals surface area (Å²) in [5.41, 5.74) is 2.54. The lowest BCUT2D eigenvalue weighted by Gasteiger charge is -2.42. The minimum Gasteiger partial charge on any atom is -0.465 e. The molecule has 2 N–H and O–H groups in total. The molecule has 32 heavy (non-hydrogen) atoms. The number of amides is 2. The van der Waals surface area contributed by atoms with E-state index in [0.29, 0.717) is 18.1 Å². The summed E-state index contributed by atoms with van der Waals surface area (Å²) in [6.45, 7) is 6.96. The number of aliphatic hydroxyl groups excluding tert-OH is 1. The second-order valence-electron chi connectivity index (χ2n) is 9.92. The summed E-state index contributed by atoms with van der Waals surface area (Å²) in [4.78, 5) is 31.1. The average molecular weight is 444 g/mol. The number of carbonyl (C=O) groups is 2. The molecule has 1 aromatic carbocycles. The second kappa shape index (κ2) is 9.30. The molecule has 1 aliphatic carbocycles. The third-order valence-electron chi connectivity index (χ3n) is 7.74. The molecule has 1 atom stereocenters. The van der Waals surface area contributed by atoms with Gasteiger partial charge in [0.2, 0.25) is 5.91 Å². The molecule has 2 heterocycles. The molecule has 4 rings (SSSR count). The van der Waals surface area contributed by atoms with Crippen molar-refractivity contribution in [2.24, 2.45) is 5.41 Å². The van der Waals surface area contributed by atoms with Crippen LogP contribution in [0.4, 0.5) is 16.2 Å². The van der Waals surface area contributed by atoms with Crippen molar-refractivity contribution in [2.75, 3.05) is 36.0 Å². The number of nitrogens with zero attached hydrogens (tertiary/aromatic N) is 3. The number of hydrogen-bond acceptors (Lipinski definition) is 4. The van der Waals surface area contributed by atoms with Crippen LogP contribution in [-0.2, 0) is 4.79 Å². The van der Waals surface area contributed by atoms with Crippen molar-refractivity contribution < 1.29 is 19.8 Å². The minimum atomic E-state index is -0.928. The first-order valence-corrected chi connectivity index (χ1v) is 12.2. The van der Waals surface area contributed by atoms with Crippen LogP contribution in [-0.4, -0.2) is 65.4 Å². The van der Waals surface area contributed by atoms with Crippen molar-refractivity contribution in [3.05, 3.63) is 23.8 Å². The predicted octanol–water partition coefficient (Wildman–Crippen LogP) is 4.01. The molecular weight excluding hydrogens is 406 g/mol. The van der Waals surface area contributed by atoms with Crippen LogP contribution in [0.3, 0.4) is 0 Å². The zero-order valence-electron chi connectivity index (χ0n) is 19.4. The van der Waals surface area contributed by atoms with Crippen molar-refractivity contribution in [1.82, 2.24) is 4.90 Å². The second-order valence-corrected chi connectivity index (χ2v) is 9.92. The molecule has 176 valence electrons. The number of aryl methyl sites for hydroxylation is 1.